The number of nitrogens with one attached hydrogen (secondary N) is 1. The molecule has 2 rings (SSSR count). The van der Waals surface area contributed by atoms with Crippen molar-refractivity contribution in [2.75, 3.05) is 13.1 Å². The lowest BCUT2D eigenvalue weighted by molar-refractivity contribution is -0.143. The molecule has 1 aromatic rings. The smallest absolute Gasteiger partial charge is 0.317 e. The van der Waals surface area contributed by atoms with Gasteiger partial charge in [-0.25, -0.2) is 9.78 Å². The van der Waals surface area contributed by atoms with Gasteiger partial charge in [-0.2, -0.15) is 0 Å². The highest BCUT2D eigenvalue weighted by Crippen LogP contribution is 2.17. The lowest BCUT2D eigenvalue weighted by Gasteiger charge is -2.30. The van der Waals surface area contributed by atoms with Crippen molar-refractivity contribution in [2.45, 2.75) is 26.3 Å². The van der Waals surface area contributed by atoms with E-state index >= 15 is 0 Å². The molecule has 1 atom stereocenters. The topological polar surface area (TPSA) is 82.5 Å². The average molecular weight is 283 g/mol. The molecule has 1 fully saturated rings. The summed E-state index contributed by atoms with van der Waals surface area (Å²) in [6.07, 6.45) is 3.13. The van der Waals surface area contributed by atoms with Crippen molar-refractivity contribution < 1.29 is 14.7 Å². The van der Waals surface area contributed by atoms with Crippen LogP contribution in [0.15, 0.2) is 6.20 Å². The van der Waals surface area contributed by atoms with E-state index in [0.29, 0.717) is 26.1 Å². The van der Waals surface area contributed by atoms with Gasteiger partial charge in [0, 0.05) is 24.2 Å². The minimum Gasteiger partial charge on any atom is -0.481 e. The van der Waals surface area contributed by atoms with Crippen LogP contribution < -0.4 is 5.32 Å². The van der Waals surface area contributed by atoms with Crippen LogP contribution in [0.1, 0.15) is 22.7 Å². The number of carbonyl (C=O) groups excluding carboxylic acids is 1. The predicted molar refractivity (Wildman–Crippen MR) is 71.0 cm³/mol. The van der Waals surface area contributed by atoms with Gasteiger partial charge in [-0.15, -0.1) is 11.3 Å². The third kappa shape index (κ3) is 3.66. The maximum Gasteiger partial charge on any atom is 0.317 e. The molecule has 1 saturated heterocycles. The Morgan fingerprint density at radius 1 is 1.63 bits per heavy atom. The lowest BCUT2D eigenvalue weighted by Crippen LogP contribution is -2.46. The molecule has 1 aromatic heterocycles. The monoisotopic (exact) mass is 283 g/mol. The Balaban J connectivity index is 1.84. The second-order valence-corrected chi connectivity index (χ2v) is 5.95. The van der Waals surface area contributed by atoms with Crippen molar-refractivity contribution in [3.05, 3.63) is 16.1 Å². The van der Waals surface area contributed by atoms with Gasteiger partial charge in [0.2, 0.25) is 0 Å². The summed E-state index contributed by atoms with van der Waals surface area (Å²) in [6, 6.07) is -0.197. The summed E-state index contributed by atoms with van der Waals surface area (Å²) in [6.45, 7) is 3.27. The molecule has 2 N–H and O–H groups in total. The number of urea groups is 1. The molecule has 0 unspecified atom stereocenters. The fourth-order valence-electron chi connectivity index (χ4n) is 2.12. The number of likely N-dealkylation sites (tertiary alicyclic amines) is 1. The summed E-state index contributed by atoms with van der Waals surface area (Å²) < 4.78 is 0. The Morgan fingerprint density at radius 2 is 2.42 bits per heavy atom. The number of hydrogen-bond acceptors (Lipinski definition) is 4. The predicted octanol–water partition coefficient (Wildman–Crippen LogP) is 1.46. The number of carboxylic acid groups (broad SMARTS) is 1. The van der Waals surface area contributed by atoms with Gasteiger partial charge >= 0.3 is 12.0 Å². The average Bonchev–Trinajstić information content (AvgIpc) is 2.82. The molecular weight excluding hydrogens is 266 g/mol. The summed E-state index contributed by atoms with van der Waals surface area (Å²) in [5.74, 6) is -1.26. The van der Waals surface area contributed by atoms with E-state index in [1.807, 2.05) is 6.92 Å². The SMILES string of the molecule is Cc1ncc(CNC(=O)N2CCC[C@H](C(=O)O)C2)s1. The summed E-state index contributed by atoms with van der Waals surface area (Å²) in [5, 5.41) is 12.8. The highest BCUT2D eigenvalue weighted by atomic mass is 32.1. The lowest BCUT2D eigenvalue weighted by atomic mass is 9.99. The number of carboxylic acids is 1. The zero-order chi connectivity index (χ0) is 13.8. The number of aryl methyl sites for hydroxylation is 1. The normalized spacial score (nSPS) is 19.2. The Kier molecular flexibility index (Phi) is 4.36. The highest BCUT2D eigenvalue weighted by Gasteiger charge is 2.27. The molecule has 7 heteroatoms. The Labute approximate surface area is 115 Å². The molecular formula is C12H17N3O3S. The number of amides is 2. The van der Waals surface area contributed by atoms with Gasteiger partial charge in [0.1, 0.15) is 0 Å². The van der Waals surface area contributed by atoms with E-state index in [-0.39, 0.29) is 6.03 Å². The van der Waals surface area contributed by atoms with Crippen molar-refractivity contribution in [1.82, 2.24) is 15.2 Å². The fraction of sp³-hybridized carbons (Fsp3) is 0.583. The summed E-state index contributed by atoms with van der Waals surface area (Å²) in [7, 11) is 0. The van der Waals surface area contributed by atoms with Crippen molar-refractivity contribution in [3.63, 3.8) is 0 Å². The van der Waals surface area contributed by atoms with Gasteiger partial charge in [-0.05, 0) is 19.8 Å². The first-order chi connectivity index (χ1) is 9.06. The molecule has 104 valence electrons. The number of nitrogens with zero attached hydrogens (tertiary/aromatic N) is 2. The second kappa shape index (κ2) is 6.01. The third-order valence-corrected chi connectivity index (χ3v) is 4.05. The minimum atomic E-state index is -0.824. The van der Waals surface area contributed by atoms with E-state index in [4.69, 9.17) is 5.11 Å². The van der Waals surface area contributed by atoms with Crippen molar-refractivity contribution in [2.24, 2.45) is 5.92 Å². The van der Waals surface area contributed by atoms with Gasteiger partial charge in [-0.1, -0.05) is 0 Å². The summed E-state index contributed by atoms with van der Waals surface area (Å²) >= 11 is 1.54. The van der Waals surface area contributed by atoms with Crippen LogP contribution in [-0.4, -0.2) is 40.1 Å². The highest BCUT2D eigenvalue weighted by molar-refractivity contribution is 7.11. The van der Waals surface area contributed by atoms with Crippen LogP contribution in [-0.2, 0) is 11.3 Å². The Morgan fingerprint density at radius 3 is 3.05 bits per heavy atom. The van der Waals surface area contributed by atoms with Crippen molar-refractivity contribution in [3.8, 4) is 0 Å². The molecule has 0 aliphatic carbocycles. The first-order valence-electron chi connectivity index (χ1n) is 6.23. The van der Waals surface area contributed by atoms with Gasteiger partial charge in [0.25, 0.3) is 0 Å². The molecule has 1 aliphatic heterocycles. The van der Waals surface area contributed by atoms with E-state index in [1.165, 1.54) is 0 Å². The van der Waals surface area contributed by atoms with Gasteiger partial charge in [-0.3, -0.25) is 4.79 Å². The molecule has 2 heterocycles. The van der Waals surface area contributed by atoms with Crippen LogP contribution in [0.3, 0.4) is 0 Å². The van der Waals surface area contributed by atoms with Crippen molar-refractivity contribution in [1.29, 1.82) is 0 Å². The Bertz CT molecular complexity index is 475. The zero-order valence-electron chi connectivity index (χ0n) is 10.8. The second-order valence-electron chi connectivity index (χ2n) is 4.63. The zero-order valence-corrected chi connectivity index (χ0v) is 11.6. The molecule has 1 aliphatic rings. The number of carbonyl (C=O) groups is 2. The number of aliphatic carboxylic acids is 1. The number of thiazole rings is 1. The number of rotatable bonds is 3. The molecule has 0 saturated carbocycles. The van der Waals surface area contributed by atoms with Crippen LogP contribution in [0.25, 0.3) is 0 Å². The molecule has 0 radical (unpaired) electrons. The van der Waals surface area contributed by atoms with E-state index in [0.717, 1.165) is 16.3 Å². The van der Waals surface area contributed by atoms with Crippen LogP contribution >= 0.6 is 11.3 Å². The standard InChI is InChI=1S/C12H17N3O3S/c1-8-13-5-10(19-8)6-14-12(18)15-4-2-3-9(7-15)11(16)17/h5,9H,2-4,6-7H2,1H3,(H,14,18)(H,16,17)/t9-/m0/s1. The van der Waals surface area contributed by atoms with Crippen molar-refractivity contribution >= 4 is 23.3 Å². The maximum absolute atomic E-state index is 12.0. The van der Waals surface area contributed by atoms with E-state index in [1.54, 1.807) is 22.4 Å². The molecule has 0 bridgehead atoms. The van der Waals surface area contributed by atoms with Crippen LogP contribution in [0.4, 0.5) is 4.79 Å². The molecule has 6 nitrogen and oxygen atoms in total. The number of hydrogen-bond donors (Lipinski definition) is 2. The minimum absolute atomic E-state index is 0.197. The quantitative estimate of drug-likeness (QED) is 0.879. The third-order valence-electron chi connectivity index (χ3n) is 3.14. The van der Waals surface area contributed by atoms with Gasteiger partial charge < -0.3 is 15.3 Å². The van der Waals surface area contributed by atoms with Crippen LogP contribution in [0.2, 0.25) is 0 Å². The van der Waals surface area contributed by atoms with E-state index in [9.17, 15) is 9.59 Å². The first kappa shape index (κ1) is 13.8. The fourth-order valence-corrected chi connectivity index (χ4v) is 2.86. The van der Waals surface area contributed by atoms with Gasteiger partial charge in [0.15, 0.2) is 0 Å². The summed E-state index contributed by atoms with van der Waals surface area (Å²) in [5.41, 5.74) is 0. The maximum atomic E-state index is 12.0. The van der Waals surface area contributed by atoms with Crippen LogP contribution in [0.5, 0.6) is 0 Å². The van der Waals surface area contributed by atoms with E-state index in [2.05, 4.69) is 10.3 Å². The Hall–Kier alpha value is -1.63. The first-order valence-corrected chi connectivity index (χ1v) is 7.05. The number of aromatic nitrogens is 1. The van der Waals surface area contributed by atoms with E-state index < -0.39 is 11.9 Å². The van der Waals surface area contributed by atoms with Crippen LogP contribution in [0, 0.1) is 12.8 Å². The number of piperidine rings is 1. The molecule has 0 spiro atoms. The molecule has 19 heavy (non-hydrogen) atoms. The summed E-state index contributed by atoms with van der Waals surface area (Å²) in [4.78, 5) is 29.6. The molecule has 2 amide bonds. The van der Waals surface area contributed by atoms with Gasteiger partial charge in [0.05, 0.1) is 17.5 Å². The largest absolute Gasteiger partial charge is 0.481 e. The molecule has 0 aromatic carbocycles.